The van der Waals surface area contributed by atoms with Crippen LogP contribution < -0.4 is 15.4 Å². The molecule has 172 valence electrons. The van der Waals surface area contributed by atoms with Crippen molar-refractivity contribution in [1.82, 2.24) is 15.5 Å². The number of carbonyl (C=O) groups excluding carboxylic acids is 3. The number of nitrogens with one attached hydrogen (secondary N) is 2. The molecule has 0 radical (unpaired) electrons. The number of piperazine rings is 1. The minimum absolute atomic E-state index is 0.0788. The number of amides is 2. The lowest BCUT2D eigenvalue weighted by Crippen LogP contribution is -2.60. The highest BCUT2D eigenvalue weighted by molar-refractivity contribution is 7.80. The molecule has 33 heavy (non-hydrogen) atoms. The molecule has 1 unspecified atom stereocenters. The van der Waals surface area contributed by atoms with Crippen molar-refractivity contribution in [2.75, 3.05) is 20.2 Å². The van der Waals surface area contributed by atoms with Crippen LogP contribution in [0.3, 0.4) is 0 Å². The van der Waals surface area contributed by atoms with Crippen molar-refractivity contribution in [3.8, 4) is 5.75 Å². The monoisotopic (exact) mass is 467 g/mol. The Morgan fingerprint density at radius 3 is 2.61 bits per heavy atom. The van der Waals surface area contributed by atoms with Crippen LogP contribution in [0.4, 0.5) is 0 Å². The van der Waals surface area contributed by atoms with Gasteiger partial charge >= 0.3 is 5.97 Å². The molecule has 9 heteroatoms. The average Bonchev–Trinajstić information content (AvgIpc) is 2.83. The molecule has 1 atom stereocenters. The Hall–Kier alpha value is -3.72. The van der Waals surface area contributed by atoms with Crippen molar-refractivity contribution in [3.05, 3.63) is 71.8 Å². The SMILES string of the molecule is COc1ccc(/C=C/C(=O)NC(=S)N2CCNC(=O)C2CC(=O)OCc2ccccc2)cc1. The minimum atomic E-state index is -0.861. The van der Waals surface area contributed by atoms with Crippen LogP contribution >= 0.6 is 12.2 Å². The lowest BCUT2D eigenvalue weighted by molar-refractivity contribution is -0.148. The number of benzene rings is 2. The van der Waals surface area contributed by atoms with E-state index in [0.717, 1.165) is 16.9 Å². The summed E-state index contributed by atoms with van der Waals surface area (Å²) >= 11 is 5.35. The predicted molar refractivity (Wildman–Crippen MR) is 127 cm³/mol. The second-order valence-corrected chi connectivity index (χ2v) is 7.64. The summed E-state index contributed by atoms with van der Waals surface area (Å²) in [4.78, 5) is 38.6. The second-order valence-electron chi connectivity index (χ2n) is 7.25. The van der Waals surface area contributed by atoms with Gasteiger partial charge in [0.2, 0.25) is 11.8 Å². The van der Waals surface area contributed by atoms with Crippen molar-refractivity contribution in [1.29, 1.82) is 0 Å². The highest BCUT2D eigenvalue weighted by Gasteiger charge is 2.34. The fraction of sp³-hybridized carbons (Fsp3) is 0.250. The third-order valence-electron chi connectivity index (χ3n) is 4.97. The summed E-state index contributed by atoms with van der Waals surface area (Å²) in [5.74, 6) is -0.593. The molecule has 2 aromatic carbocycles. The summed E-state index contributed by atoms with van der Waals surface area (Å²) in [6, 6.07) is 15.6. The van der Waals surface area contributed by atoms with Gasteiger partial charge in [-0.1, -0.05) is 42.5 Å². The van der Waals surface area contributed by atoms with Crippen LogP contribution in [0, 0.1) is 0 Å². The van der Waals surface area contributed by atoms with Gasteiger partial charge in [0.15, 0.2) is 5.11 Å². The van der Waals surface area contributed by atoms with E-state index in [-0.39, 0.29) is 24.0 Å². The first kappa shape index (κ1) is 23.9. The molecule has 1 fully saturated rings. The molecule has 0 saturated carbocycles. The summed E-state index contributed by atoms with van der Waals surface area (Å²) in [6.07, 6.45) is 2.80. The normalized spacial score (nSPS) is 15.6. The Labute approximate surface area is 197 Å². The quantitative estimate of drug-likeness (QED) is 0.365. The summed E-state index contributed by atoms with van der Waals surface area (Å²) in [5, 5.41) is 5.40. The Morgan fingerprint density at radius 2 is 1.91 bits per heavy atom. The van der Waals surface area contributed by atoms with Crippen LogP contribution in [-0.2, 0) is 25.7 Å². The molecule has 0 bridgehead atoms. The predicted octanol–water partition coefficient (Wildman–Crippen LogP) is 2.04. The van der Waals surface area contributed by atoms with E-state index >= 15 is 0 Å². The van der Waals surface area contributed by atoms with E-state index in [0.29, 0.717) is 13.1 Å². The molecule has 1 saturated heterocycles. The highest BCUT2D eigenvalue weighted by Crippen LogP contribution is 2.13. The van der Waals surface area contributed by atoms with Crippen molar-refractivity contribution >= 4 is 41.2 Å². The fourth-order valence-corrected chi connectivity index (χ4v) is 3.54. The molecule has 3 rings (SSSR count). The zero-order valence-corrected chi connectivity index (χ0v) is 19.0. The summed E-state index contributed by atoms with van der Waals surface area (Å²) in [6.45, 7) is 0.834. The van der Waals surface area contributed by atoms with Gasteiger partial charge in [-0.3, -0.25) is 19.7 Å². The molecule has 1 heterocycles. The maximum absolute atomic E-state index is 12.4. The molecule has 1 aliphatic rings. The zero-order valence-electron chi connectivity index (χ0n) is 18.2. The first-order chi connectivity index (χ1) is 16.0. The van der Waals surface area contributed by atoms with Gasteiger partial charge < -0.3 is 19.7 Å². The largest absolute Gasteiger partial charge is 0.497 e. The van der Waals surface area contributed by atoms with Gasteiger partial charge in [0.05, 0.1) is 13.5 Å². The van der Waals surface area contributed by atoms with Crippen molar-refractivity contribution in [2.45, 2.75) is 19.1 Å². The fourth-order valence-electron chi connectivity index (χ4n) is 3.22. The third kappa shape index (κ3) is 7.15. The first-order valence-electron chi connectivity index (χ1n) is 10.4. The number of carbonyl (C=O) groups is 3. The van der Waals surface area contributed by atoms with Crippen molar-refractivity contribution in [2.24, 2.45) is 0 Å². The van der Waals surface area contributed by atoms with Gasteiger partial charge in [0.1, 0.15) is 18.4 Å². The number of esters is 1. The Morgan fingerprint density at radius 1 is 1.18 bits per heavy atom. The lowest BCUT2D eigenvalue weighted by Gasteiger charge is -2.36. The van der Waals surface area contributed by atoms with E-state index in [9.17, 15) is 14.4 Å². The van der Waals surface area contributed by atoms with Gasteiger partial charge in [-0.2, -0.15) is 0 Å². The minimum Gasteiger partial charge on any atom is -0.497 e. The zero-order chi connectivity index (χ0) is 23.6. The smallest absolute Gasteiger partial charge is 0.308 e. The number of methoxy groups -OCH3 is 1. The number of hydrogen-bond donors (Lipinski definition) is 2. The average molecular weight is 468 g/mol. The third-order valence-corrected chi connectivity index (χ3v) is 5.30. The standard InChI is InChI=1S/C24H25N3O5S/c1-31-19-10-7-17(8-11-19)9-12-21(28)26-24(33)27-14-13-25-23(30)20(27)15-22(29)32-16-18-5-3-2-4-6-18/h2-12,20H,13-16H2,1H3,(H,25,30)(H,26,28,33)/b12-9+. The van der Waals surface area contributed by atoms with E-state index in [4.69, 9.17) is 21.7 Å². The number of ether oxygens (including phenoxy) is 2. The molecule has 8 nitrogen and oxygen atoms in total. The Bertz CT molecular complexity index is 1020. The second kappa shape index (κ2) is 11.8. The van der Waals surface area contributed by atoms with Crippen LogP contribution in [0.1, 0.15) is 17.5 Å². The van der Waals surface area contributed by atoms with Crippen LogP contribution in [0.2, 0.25) is 0 Å². The van der Waals surface area contributed by atoms with E-state index in [2.05, 4.69) is 10.6 Å². The summed E-state index contributed by atoms with van der Waals surface area (Å²) in [7, 11) is 1.58. The molecular formula is C24H25N3O5S. The maximum Gasteiger partial charge on any atom is 0.308 e. The number of hydrogen-bond acceptors (Lipinski definition) is 6. The molecule has 2 N–H and O–H groups in total. The summed E-state index contributed by atoms with van der Waals surface area (Å²) in [5.41, 5.74) is 1.66. The lowest BCUT2D eigenvalue weighted by atomic mass is 10.1. The molecule has 0 spiro atoms. The Balaban J connectivity index is 1.56. The van der Waals surface area contributed by atoms with Gasteiger partial charge in [-0.05, 0) is 41.6 Å². The Kier molecular flexibility index (Phi) is 8.54. The number of thiocarbonyl (C=S) groups is 1. The maximum atomic E-state index is 12.4. The van der Waals surface area contributed by atoms with E-state index in [1.54, 1.807) is 25.3 Å². The topological polar surface area (TPSA) is 97.0 Å². The van der Waals surface area contributed by atoms with Crippen molar-refractivity contribution < 1.29 is 23.9 Å². The molecule has 1 aliphatic heterocycles. The van der Waals surface area contributed by atoms with E-state index < -0.39 is 17.9 Å². The van der Waals surface area contributed by atoms with Crippen molar-refractivity contribution in [3.63, 3.8) is 0 Å². The highest BCUT2D eigenvalue weighted by atomic mass is 32.1. The number of nitrogens with zero attached hydrogens (tertiary/aromatic N) is 1. The molecule has 0 aromatic heterocycles. The number of rotatable bonds is 7. The van der Waals surface area contributed by atoms with Gasteiger partial charge in [0, 0.05) is 19.2 Å². The summed E-state index contributed by atoms with van der Waals surface area (Å²) < 4.78 is 10.4. The molecular weight excluding hydrogens is 442 g/mol. The molecule has 2 amide bonds. The van der Waals surface area contributed by atoms with Gasteiger partial charge in [-0.25, -0.2) is 0 Å². The van der Waals surface area contributed by atoms with E-state index in [1.165, 1.54) is 11.0 Å². The van der Waals surface area contributed by atoms with E-state index in [1.807, 2.05) is 42.5 Å². The van der Waals surface area contributed by atoms with Gasteiger partial charge in [0.25, 0.3) is 0 Å². The first-order valence-corrected chi connectivity index (χ1v) is 10.8. The van der Waals surface area contributed by atoms with Crippen LogP contribution in [0.25, 0.3) is 6.08 Å². The van der Waals surface area contributed by atoms with Crippen LogP contribution in [-0.4, -0.2) is 54.0 Å². The van der Waals surface area contributed by atoms with Crippen LogP contribution in [0.15, 0.2) is 60.7 Å². The van der Waals surface area contributed by atoms with Crippen LogP contribution in [0.5, 0.6) is 5.75 Å². The molecule has 2 aromatic rings. The van der Waals surface area contributed by atoms with Gasteiger partial charge in [-0.15, -0.1) is 0 Å². The molecule has 0 aliphatic carbocycles.